The lowest BCUT2D eigenvalue weighted by atomic mass is 10.3. The number of hydrogen-bond donors (Lipinski definition) is 1. The lowest BCUT2D eigenvalue weighted by molar-refractivity contribution is 0.103. The Morgan fingerprint density at radius 1 is 1.15 bits per heavy atom. The molecule has 1 aromatic carbocycles. The molecule has 0 fully saturated rings. The third kappa shape index (κ3) is 2.97. The van der Waals surface area contributed by atoms with E-state index in [9.17, 15) is 9.18 Å². The molecule has 1 N–H and O–H groups in total. The number of benzene rings is 1. The highest BCUT2D eigenvalue weighted by molar-refractivity contribution is 7.20. The van der Waals surface area contributed by atoms with Crippen molar-refractivity contribution < 1.29 is 9.18 Å². The van der Waals surface area contributed by atoms with Crippen LogP contribution in [0.1, 0.15) is 21.1 Å². The van der Waals surface area contributed by atoms with Gasteiger partial charge in [0, 0.05) is 11.1 Å². The van der Waals surface area contributed by atoms with Crippen molar-refractivity contribution in [2.75, 3.05) is 5.32 Å². The molecule has 0 aliphatic rings. The van der Waals surface area contributed by atoms with E-state index >= 15 is 0 Å². The first-order valence-electron chi connectivity index (χ1n) is 8.01. The molecule has 7 heteroatoms. The zero-order valence-corrected chi connectivity index (χ0v) is 15.0. The lowest BCUT2D eigenvalue weighted by Gasteiger charge is -2.03. The Labute approximate surface area is 153 Å². The number of fused-ring (bicyclic) bond motifs is 1. The Bertz CT molecular complexity index is 1110. The number of nitrogens with zero attached hydrogens (tertiary/aromatic N) is 3. The summed E-state index contributed by atoms with van der Waals surface area (Å²) in [7, 11) is 0. The number of anilines is 1. The van der Waals surface area contributed by atoms with Gasteiger partial charge in [0.05, 0.1) is 16.3 Å². The summed E-state index contributed by atoms with van der Waals surface area (Å²) in [4.78, 5) is 18.3. The van der Waals surface area contributed by atoms with Gasteiger partial charge in [0.15, 0.2) is 0 Å². The normalized spacial score (nSPS) is 11.0. The van der Waals surface area contributed by atoms with Gasteiger partial charge >= 0.3 is 0 Å². The van der Waals surface area contributed by atoms with Crippen LogP contribution < -0.4 is 5.32 Å². The maximum Gasteiger partial charge on any atom is 0.266 e. The summed E-state index contributed by atoms with van der Waals surface area (Å²) in [5.74, 6) is 0.00414. The molecule has 0 saturated heterocycles. The van der Waals surface area contributed by atoms with Crippen LogP contribution in [0.3, 0.4) is 0 Å². The van der Waals surface area contributed by atoms with Gasteiger partial charge in [0.25, 0.3) is 5.91 Å². The zero-order valence-electron chi connectivity index (χ0n) is 14.2. The Kier molecular flexibility index (Phi) is 4.00. The molecular formula is C19H15FN4OS. The van der Waals surface area contributed by atoms with Gasteiger partial charge in [-0.2, -0.15) is 5.10 Å². The fourth-order valence-corrected chi connectivity index (χ4v) is 3.79. The van der Waals surface area contributed by atoms with E-state index in [1.54, 1.807) is 22.9 Å². The van der Waals surface area contributed by atoms with Crippen LogP contribution in [0.15, 0.2) is 48.5 Å². The van der Waals surface area contributed by atoms with E-state index in [0.717, 1.165) is 27.3 Å². The molecule has 0 saturated carbocycles. The van der Waals surface area contributed by atoms with Crippen LogP contribution in [0, 0.1) is 19.7 Å². The van der Waals surface area contributed by atoms with Crippen LogP contribution in [0.5, 0.6) is 0 Å². The van der Waals surface area contributed by atoms with Crippen LogP contribution in [0.25, 0.3) is 15.9 Å². The molecule has 3 heterocycles. The number of pyridine rings is 1. The lowest BCUT2D eigenvalue weighted by Crippen LogP contribution is -2.11. The van der Waals surface area contributed by atoms with Crippen molar-refractivity contribution in [3.8, 4) is 5.69 Å². The smallest absolute Gasteiger partial charge is 0.266 e. The maximum absolute atomic E-state index is 13.2. The van der Waals surface area contributed by atoms with Gasteiger partial charge < -0.3 is 5.32 Å². The molecule has 3 aromatic heterocycles. The largest absolute Gasteiger partial charge is 0.306 e. The van der Waals surface area contributed by atoms with Gasteiger partial charge in [-0.3, -0.25) is 4.79 Å². The van der Waals surface area contributed by atoms with Gasteiger partial charge in [0.2, 0.25) is 0 Å². The Morgan fingerprint density at radius 2 is 1.92 bits per heavy atom. The van der Waals surface area contributed by atoms with Gasteiger partial charge in [0.1, 0.15) is 16.5 Å². The molecule has 26 heavy (non-hydrogen) atoms. The van der Waals surface area contributed by atoms with Crippen molar-refractivity contribution >= 4 is 33.3 Å². The number of halogens is 1. The average Bonchev–Trinajstić information content (AvgIpc) is 3.17. The quantitative estimate of drug-likeness (QED) is 0.581. The van der Waals surface area contributed by atoms with Gasteiger partial charge in [-0.25, -0.2) is 14.1 Å². The van der Waals surface area contributed by atoms with Crippen LogP contribution in [0.4, 0.5) is 10.2 Å². The maximum atomic E-state index is 13.2. The molecule has 0 spiro atoms. The first-order valence-corrected chi connectivity index (χ1v) is 8.83. The predicted molar refractivity (Wildman–Crippen MR) is 101 cm³/mol. The molecule has 4 rings (SSSR count). The van der Waals surface area contributed by atoms with E-state index in [1.165, 1.54) is 23.5 Å². The fraction of sp³-hybridized carbons (Fsp3) is 0.105. The van der Waals surface area contributed by atoms with Crippen molar-refractivity contribution in [3.63, 3.8) is 0 Å². The molecule has 0 aliphatic heterocycles. The predicted octanol–water partition coefficient (Wildman–Crippen LogP) is 4.49. The number of thiophene rings is 1. The minimum Gasteiger partial charge on any atom is -0.306 e. The zero-order chi connectivity index (χ0) is 18.3. The van der Waals surface area contributed by atoms with Crippen LogP contribution in [-0.4, -0.2) is 20.7 Å². The van der Waals surface area contributed by atoms with Crippen molar-refractivity contribution in [2.45, 2.75) is 13.8 Å². The first kappa shape index (κ1) is 16.4. The number of aryl methyl sites for hydroxylation is 2. The monoisotopic (exact) mass is 366 g/mol. The third-order valence-electron chi connectivity index (χ3n) is 3.97. The van der Waals surface area contributed by atoms with E-state index in [2.05, 4.69) is 15.4 Å². The van der Waals surface area contributed by atoms with E-state index in [1.807, 2.05) is 32.0 Å². The van der Waals surface area contributed by atoms with Crippen LogP contribution in [-0.2, 0) is 0 Å². The summed E-state index contributed by atoms with van der Waals surface area (Å²) in [6.45, 7) is 3.76. The Hall–Kier alpha value is -3.06. The Balaban J connectivity index is 1.70. The number of amides is 1. The average molecular weight is 366 g/mol. The number of rotatable bonds is 3. The van der Waals surface area contributed by atoms with Crippen molar-refractivity contribution in [1.82, 2.24) is 14.8 Å². The summed E-state index contributed by atoms with van der Waals surface area (Å²) in [5.41, 5.74) is 2.40. The van der Waals surface area contributed by atoms with Crippen LogP contribution in [0.2, 0.25) is 0 Å². The summed E-state index contributed by atoms with van der Waals surface area (Å²) >= 11 is 1.34. The number of nitrogens with one attached hydrogen (secondary N) is 1. The summed E-state index contributed by atoms with van der Waals surface area (Å²) in [6.07, 6.45) is 0. The van der Waals surface area contributed by atoms with Crippen molar-refractivity contribution in [1.29, 1.82) is 0 Å². The minimum atomic E-state index is -0.300. The number of carbonyl (C=O) groups is 1. The highest BCUT2D eigenvalue weighted by atomic mass is 32.1. The van der Waals surface area contributed by atoms with E-state index in [0.29, 0.717) is 10.7 Å². The highest BCUT2D eigenvalue weighted by Gasteiger charge is 2.17. The number of carbonyl (C=O) groups excluding carboxylic acids is 1. The summed E-state index contributed by atoms with van der Waals surface area (Å²) in [5, 5.41) is 8.23. The fourth-order valence-electron chi connectivity index (χ4n) is 2.71. The van der Waals surface area contributed by atoms with Crippen molar-refractivity contribution in [2.24, 2.45) is 0 Å². The van der Waals surface area contributed by atoms with Gasteiger partial charge in [-0.05, 0) is 56.3 Å². The molecule has 0 aliphatic carbocycles. The molecule has 0 unspecified atom stereocenters. The summed E-state index contributed by atoms with van der Waals surface area (Å²) in [6, 6.07) is 13.4. The molecule has 0 radical (unpaired) electrons. The van der Waals surface area contributed by atoms with E-state index < -0.39 is 0 Å². The first-order chi connectivity index (χ1) is 12.5. The standard InChI is InChI=1S/C19H15FN4OS/c1-11-4-3-5-17(21-11)22-18(25)16-10-15-12(2)23-24(19(15)26-16)14-8-6-13(20)7-9-14/h3-10H,1-2H3,(H,21,22,25). The molecule has 0 bridgehead atoms. The Morgan fingerprint density at radius 3 is 2.65 bits per heavy atom. The van der Waals surface area contributed by atoms with Crippen molar-refractivity contribution in [3.05, 3.63) is 70.6 Å². The summed E-state index contributed by atoms with van der Waals surface area (Å²) < 4.78 is 14.9. The minimum absolute atomic E-state index is 0.214. The SMILES string of the molecule is Cc1cccc(NC(=O)c2cc3c(C)nn(-c4ccc(F)cc4)c3s2)n1. The highest BCUT2D eigenvalue weighted by Crippen LogP contribution is 2.30. The molecule has 130 valence electrons. The van der Waals surface area contributed by atoms with Gasteiger partial charge in [-0.15, -0.1) is 11.3 Å². The van der Waals surface area contributed by atoms with Crippen LogP contribution >= 0.6 is 11.3 Å². The molecule has 1 amide bonds. The second kappa shape index (κ2) is 6.34. The molecular weight excluding hydrogens is 351 g/mol. The van der Waals surface area contributed by atoms with E-state index in [-0.39, 0.29) is 11.7 Å². The molecule has 4 aromatic rings. The molecule has 0 atom stereocenters. The third-order valence-corrected chi connectivity index (χ3v) is 5.08. The second-order valence-corrected chi connectivity index (χ2v) is 6.95. The second-order valence-electron chi connectivity index (χ2n) is 5.92. The number of aromatic nitrogens is 3. The number of hydrogen-bond acceptors (Lipinski definition) is 4. The van der Waals surface area contributed by atoms with E-state index in [4.69, 9.17) is 0 Å². The molecule has 5 nitrogen and oxygen atoms in total. The topological polar surface area (TPSA) is 59.8 Å². The van der Waals surface area contributed by atoms with Gasteiger partial charge in [-0.1, -0.05) is 6.07 Å².